The van der Waals surface area contributed by atoms with Crippen LogP contribution < -0.4 is 4.90 Å². The SMILES string of the molecule is C[C@H]1CN(C(=O)OC(C)(C)C)CCCN1c1nccc(C(=N)/C=C(\O)[C@@]2(C)CCCc3sc(/N=C/N(C)C)c(C#N)c32)n1. The highest BCUT2D eigenvalue weighted by Gasteiger charge is 2.41. The Morgan fingerprint density at radius 1 is 1.35 bits per heavy atom. The summed E-state index contributed by atoms with van der Waals surface area (Å²) < 4.78 is 5.58. The van der Waals surface area contributed by atoms with Crippen molar-refractivity contribution < 1.29 is 14.6 Å². The topological polar surface area (TPSA) is 142 Å². The van der Waals surface area contributed by atoms with E-state index >= 15 is 0 Å². The summed E-state index contributed by atoms with van der Waals surface area (Å²) in [5, 5.41) is 31.0. The zero-order chi connectivity index (χ0) is 31.5. The van der Waals surface area contributed by atoms with Crippen LogP contribution in [0.5, 0.6) is 0 Å². The summed E-state index contributed by atoms with van der Waals surface area (Å²) >= 11 is 1.49. The van der Waals surface area contributed by atoms with Crippen LogP contribution >= 0.6 is 11.3 Å². The molecular weight excluding hydrogens is 564 g/mol. The average Bonchev–Trinajstić information content (AvgIpc) is 3.19. The molecular formula is C31H42N8O3S. The van der Waals surface area contributed by atoms with Crippen molar-refractivity contribution in [2.24, 2.45) is 4.99 Å². The van der Waals surface area contributed by atoms with E-state index in [0.29, 0.717) is 48.3 Å². The Hall–Kier alpha value is -3.98. The van der Waals surface area contributed by atoms with E-state index in [1.165, 1.54) is 17.4 Å². The van der Waals surface area contributed by atoms with Gasteiger partial charge in [0.15, 0.2) is 0 Å². The Balaban J connectivity index is 1.57. The highest BCUT2D eigenvalue weighted by molar-refractivity contribution is 7.16. The fourth-order valence-electron chi connectivity index (χ4n) is 5.53. The number of hydrogen-bond acceptors (Lipinski definition) is 10. The lowest BCUT2D eigenvalue weighted by atomic mass is 9.71. The number of aryl methyl sites for hydroxylation is 1. The summed E-state index contributed by atoms with van der Waals surface area (Å²) in [4.78, 5) is 33.0. The minimum atomic E-state index is -0.826. The second-order valence-electron chi connectivity index (χ2n) is 12.6. The molecule has 12 heteroatoms. The molecule has 0 bridgehead atoms. The number of rotatable bonds is 6. The molecule has 0 radical (unpaired) electrons. The molecule has 0 spiro atoms. The first kappa shape index (κ1) is 31.9. The molecule has 43 heavy (non-hydrogen) atoms. The number of aliphatic hydroxyl groups is 1. The Morgan fingerprint density at radius 2 is 2.09 bits per heavy atom. The molecule has 11 nitrogen and oxygen atoms in total. The highest BCUT2D eigenvalue weighted by Crippen LogP contribution is 2.50. The van der Waals surface area contributed by atoms with Crippen LogP contribution in [0.3, 0.4) is 0 Å². The molecule has 2 atom stereocenters. The van der Waals surface area contributed by atoms with Crippen molar-refractivity contribution in [2.45, 2.75) is 77.4 Å². The Kier molecular flexibility index (Phi) is 9.44. The van der Waals surface area contributed by atoms with E-state index in [2.05, 4.69) is 21.0 Å². The molecule has 1 aliphatic carbocycles. The first-order valence-corrected chi connectivity index (χ1v) is 15.4. The maximum Gasteiger partial charge on any atom is 0.410 e. The van der Waals surface area contributed by atoms with Crippen LogP contribution in [0.15, 0.2) is 29.1 Å². The smallest absolute Gasteiger partial charge is 0.410 e. The molecule has 1 fully saturated rings. The molecule has 2 aromatic heterocycles. The Labute approximate surface area is 258 Å². The number of fused-ring (bicyclic) bond motifs is 1. The number of anilines is 1. The fraction of sp³-hybridized carbons (Fsp3) is 0.548. The molecule has 2 aromatic rings. The molecule has 230 valence electrons. The third-order valence-corrected chi connectivity index (χ3v) is 8.79. The second kappa shape index (κ2) is 12.7. The van der Waals surface area contributed by atoms with Crippen LogP contribution in [-0.2, 0) is 16.6 Å². The molecule has 3 heterocycles. The van der Waals surface area contributed by atoms with Gasteiger partial charge in [-0.25, -0.2) is 19.8 Å². The van der Waals surface area contributed by atoms with Crippen molar-refractivity contribution in [1.29, 1.82) is 10.7 Å². The van der Waals surface area contributed by atoms with E-state index in [1.807, 2.05) is 58.5 Å². The van der Waals surface area contributed by atoms with Gasteiger partial charge in [0, 0.05) is 56.9 Å². The number of thiophene rings is 1. The zero-order valence-electron chi connectivity index (χ0n) is 26.1. The standard InChI is InChI=1S/C31H42N8O3S/c1-20-18-38(29(41)42-30(2,3)4)14-9-15-39(20)28-34-13-11-23(36-28)22(33)16-25(40)31(5)12-8-10-24-26(31)21(17-32)27(43-24)35-19-37(6)7/h11,13,16,19-20,33,40H,8-10,12,14-15,18H2,1-7H3/b25-16-,33-22?,35-19+/t20-,31+/m0/s1. The van der Waals surface area contributed by atoms with E-state index < -0.39 is 11.0 Å². The number of nitrogens with one attached hydrogen (secondary N) is 1. The summed E-state index contributed by atoms with van der Waals surface area (Å²) in [5.41, 5.74) is 0.307. The number of nitriles is 1. The quantitative estimate of drug-likeness (QED) is 0.247. The molecule has 0 aromatic carbocycles. The first-order chi connectivity index (χ1) is 20.2. The predicted molar refractivity (Wildman–Crippen MR) is 170 cm³/mol. The average molecular weight is 607 g/mol. The maximum atomic E-state index is 12.7. The van der Waals surface area contributed by atoms with Gasteiger partial charge in [-0.05, 0) is 71.9 Å². The highest BCUT2D eigenvalue weighted by atomic mass is 32.1. The lowest BCUT2D eigenvalue weighted by Gasteiger charge is -2.34. The van der Waals surface area contributed by atoms with Crippen molar-refractivity contribution >= 4 is 40.4 Å². The predicted octanol–water partition coefficient (Wildman–Crippen LogP) is 5.57. The summed E-state index contributed by atoms with van der Waals surface area (Å²) in [6.07, 6.45) is 7.43. The molecule has 1 amide bonds. The van der Waals surface area contributed by atoms with Crippen LogP contribution in [0.2, 0.25) is 0 Å². The van der Waals surface area contributed by atoms with E-state index in [1.54, 1.807) is 23.5 Å². The third kappa shape index (κ3) is 7.16. The number of allylic oxidation sites excluding steroid dienone is 2. The van der Waals surface area contributed by atoms with E-state index in [4.69, 9.17) is 10.1 Å². The summed E-state index contributed by atoms with van der Waals surface area (Å²) in [7, 11) is 3.75. The van der Waals surface area contributed by atoms with Gasteiger partial charge in [-0.2, -0.15) is 5.26 Å². The number of hydrogen-bond donors (Lipinski definition) is 2. The zero-order valence-corrected chi connectivity index (χ0v) is 27.0. The second-order valence-corrected chi connectivity index (χ2v) is 13.7. The number of amides is 1. The van der Waals surface area contributed by atoms with Gasteiger partial charge in [0.2, 0.25) is 5.95 Å². The number of carbonyl (C=O) groups excluding carboxylic acids is 1. The lowest BCUT2D eigenvalue weighted by Crippen LogP contribution is -2.43. The summed E-state index contributed by atoms with van der Waals surface area (Å²) in [6, 6.07) is 3.90. The van der Waals surface area contributed by atoms with Crippen molar-refractivity contribution in [3.05, 3.63) is 45.8 Å². The minimum absolute atomic E-state index is 0.0206. The van der Waals surface area contributed by atoms with Crippen LogP contribution in [0, 0.1) is 16.7 Å². The first-order valence-electron chi connectivity index (χ1n) is 14.6. The van der Waals surface area contributed by atoms with Crippen molar-refractivity contribution in [1.82, 2.24) is 19.8 Å². The number of carbonyl (C=O) groups is 1. The van der Waals surface area contributed by atoms with Gasteiger partial charge in [0.05, 0.1) is 28.7 Å². The van der Waals surface area contributed by atoms with E-state index in [-0.39, 0.29) is 23.6 Å². The maximum absolute atomic E-state index is 12.7. The largest absolute Gasteiger partial charge is 0.511 e. The van der Waals surface area contributed by atoms with Crippen LogP contribution in [0.1, 0.15) is 75.6 Å². The molecule has 1 saturated heterocycles. The van der Waals surface area contributed by atoms with Gasteiger partial charge in [0.25, 0.3) is 0 Å². The summed E-state index contributed by atoms with van der Waals surface area (Å²) in [6.45, 7) is 11.2. The normalized spacial score (nSPS) is 21.3. The Bertz CT molecular complexity index is 1470. The van der Waals surface area contributed by atoms with Crippen LogP contribution in [0.25, 0.3) is 0 Å². The van der Waals surface area contributed by atoms with Crippen LogP contribution in [0.4, 0.5) is 15.7 Å². The number of nitrogens with zero attached hydrogens (tertiary/aromatic N) is 7. The lowest BCUT2D eigenvalue weighted by molar-refractivity contribution is 0.0251. The van der Waals surface area contributed by atoms with Gasteiger partial charge >= 0.3 is 6.09 Å². The monoisotopic (exact) mass is 606 g/mol. The molecule has 4 rings (SSSR count). The van der Waals surface area contributed by atoms with Gasteiger partial charge < -0.3 is 24.5 Å². The Morgan fingerprint density at radius 3 is 2.77 bits per heavy atom. The minimum Gasteiger partial charge on any atom is -0.511 e. The van der Waals surface area contributed by atoms with Gasteiger partial charge in [0.1, 0.15) is 22.4 Å². The summed E-state index contributed by atoms with van der Waals surface area (Å²) in [5.74, 6) is 0.486. The molecule has 2 N–H and O–H groups in total. The molecule has 0 unspecified atom stereocenters. The third-order valence-electron chi connectivity index (χ3n) is 7.63. The molecule has 2 aliphatic rings. The fourth-order valence-corrected chi connectivity index (χ4v) is 6.79. The van der Waals surface area contributed by atoms with Gasteiger partial charge in [-0.15, -0.1) is 11.3 Å². The van der Waals surface area contributed by atoms with E-state index in [0.717, 1.165) is 29.7 Å². The van der Waals surface area contributed by atoms with Crippen molar-refractivity contribution in [3.8, 4) is 6.07 Å². The number of aliphatic imine (C=N–C) groups is 1. The number of aromatic nitrogens is 2. The van der Waals surface area contributed by atoms with Crippen LogP contribution in [-0.4, -0.2) is 88.4 Å². The number of aliphatic hydroxyl groups excluding tert-OH is 1. The van der Waals surface area contributed by atoms with E-state index in [9.17, 15) is 15.2 Å². The van der Waals surface area contributed by atoms with Crippen molar-refractivity contribution in [2.75, 3.05) is 38.6 Å². The van der Waals surface area contributed by atoms with Crippen molar-refractivity contribution in [3.63, 3.8) is 0 Å². The molecule has 1 aliphatic heterocycles. The number of ether oxygens (including phenoxy) is 1. The molecule has 0 saturated carbocycles. The van der Waals surface area contributed by atoms with Gasteiger partial charge in [-0.3, -0.25) is 5.41 Å². The van der Waals surface area contributed by atoms with Gasteiger partial charge in [-0.1, -0.05) is 0 Å².